The molecule has 0 bridgehead atoms. The molecule has 0 aromatic rings. The maximum absolute atomic E-state index is 12.2. The number of halogens is 1. The van der Waals surface area contributed by atoms with E-state index in [-0.39, 0.29) is 18.0 Å². The van der Waals surface area contributed by atoms with Crippen LogP contribution in [-0.2, 0) is 19.5 Å². The van der Waals surface area contributed by atoms with Crippen LogP contribution in [0.5, 0.6) is 0 Å². The van der Waals surface area contributed by atoms with Crippen LogP contribution in [0.15, 0.2) is 0 Å². The third-order valence-corrected chi connectivity index (χ3v) is 5.34. The average molecular weight is 284 g/mol. The summed E-state index contributed by atoms with van der Waals surface area (Å²) in [5, 5.41) is 0. The highest BCUT2D eigenvalue weighted by Gasteiger charge is 2.32. The summed E-state index contributed by atoms with van der Waals surface area (Å²) in [6, 6.07) is 0. The van der Waals surface area contributed by atoms with Crippen molar-refractivity contribution in [3.8, 4) is 0 Å². The molecule has 0 aliphatic carbocycles. The van der Waals surface area contributed by atoms with Crippen molar-refractivity contribution in [1.29, 1.82) is 0 Å². The van der Waals surface area contributed by atoms with Crippen LogP contribution >= 0.6 is 11.6 Å². The van der Waals surface area contributed by atoms with Gasteiger partial charge >= 0.3 is 0 Å². The summed E-state index contributed by atoms with van der Waals surface area (Å²) < 4.78 is 36.5. The smallest absolute Gasteiger partial charge is 0.216 e. The number of morpholine rings is 1. The molecule has 0 spiro atoms. The van der Waals surface area contributed by atoms with Crippen molar-refractivity contribution in [2.75, 3.05) is 37.9 Å². The molecule has 0 N–H and O–H groups in total. The number of sulfonamides is 1. The molecule has 100 valence electrons. The van der Waals surface area contributed by atoms with Crippen LogP contribution in [0.4, 0.5) is 0 Å². The molecular weight excluding hydrogens is 266 g/mol. The van der Waals surface area contributed by atoms with Gasteiger partial charge in [-0.15, -0.1) is 11.6 Å². The lowest BCUT2D eigenvalue weighted by Crippen LogP contribution is -2.48. The lowest BCUT2D eigenvalue weighted by Gasteiger charge is -2.31. The molecular formula is C10H18ClNO4S. The van der Waals surface area contributed by atoms with E-state index in [2.05, 4.69) is 0 Å². The fraction of sp³-hybridized carbons (Fsp3) is 1.00. The van der Waals surface area contributed by atoms with E-state index in [1.165, 1.54) is 4.31 Å². The van der Waals surface area contributed by atoms with E-state index in [0.717, 1.165) is 12.8 Å². The molecule has 7 heteroatoms. The van der Waals surface area contributed by atoms with Gasteiger partial charge in [0.2, 0.25) is 10.0 Å². The molecule has 2 atom stereocenters. The number of hydrogen-bond donors (Lipinski definition) is 0. The first-order valence-corrected chi connectivity index (χ1v) is 8.03. The Morgan fingerprint density at radius 3 is 2.65 bits per heavy atom. The van der Waals surface area contributed by atoms with E-state index in [1.54, 1.807) is 0 Å². The minimum atomic E-state index is -3.24. The number of hydrogen-bond acceptors (Lipinski definition) is 4. The second-order valence-corrected chi connectivity index (χ2v) is 6.74. The maximum atomic E-state index is 12.2. The van der Waals surface area contributed by atoms with E-state index in [4.69, 9.17) is 21.1 Å². The molecule has 0 amide bonds. The first kappa shape index (κ1) is 13.5. The van der Waals surface area contributed by atoms with Crippen molar-refractivity contribution in [3.05, 3.63) is 0 Å². The molecule has 2 aliphatic rings. The van der Waals surface area contributed by atoms with Crippen molar-refractivity contribution in [2.45, 2.75) is 25.0 Å². The summed E-state index contributed by atoms with van der Waals surface area (Å²) in [6.07, 6.45) is 1.46. The first-order valence-electron chi connectivity index (χ1n) is 5.89. The summed E-state index contributed by atoms with van der Waals surface area (Å²) in [4.78, 5) is 0. The van der Waals surface area contributed by atoms with E-state index in [9.17, 15) is 8.42 Å². The predicted molar refractivity (Wildman–Crippen MR) is 64.8 cm³/mol. The highest BCUT2D eigenvalue weighted by Crippen LogP contribution is 2.18. The highest BCUT2D eigenvalue weighted by molar-refractivity contribution is 7.89. The van der Waals surface area contributed by atoms with Crippen LogP contribution in [0.25, 0.3) is 0 Å². The molecule has 2 aliphatic heterocycles. The summed E-state index contributed by atoms with van der Waals surface area (Å²) >= 11 is 5.69. The summed E-state index contributed by atoms with van der Waals surface area (Å²) in [5.41, 5.74) is 0. The monoisotopic (exact) mass is 283 g/mol. The van der Waals surface area contributed by atoms with E-state index >= 15 is 0 Å². The summed E-state index contributed by atoms with van der Waals surface area (Å²) in [7, 11) is -3.24. The second-order valence-electron chi connectivity index (χ2n) is 4.42. The number of ether oxygens (including phenoxy) is 2. The van der Waals surface area contributed by atoms with Crippen LogP contribution in [0, 0.1) is 0 Å². The van der Waals surface area contributed by atoms with Crippen LogP contribution in [-0.4, -0.2) is 62.9 Å². The fourth-order valence-corrected chi connectivity index (χ4v) is 4.03. The van der Waals surface area contributed by atoms with E-state index in [0.29, 0.717) is 32.2 Å². The molecule has 17 heavy (non-hydrogen) atoms. The molecule has 0 aromatic carbocycles. The van der Waals surface area contributed by atoms with Crippen molar-refractivity contribution in [2.24, 2.45) is 0 Å². The zero-order chi connectivity index (χ0) is 12.3. The Balaban J connectivity index is 1.94. The normalized spacial score (nSPS) is 31.8. The van der Waals surface area contributed by atoms with Gasteiger partial charge in [0.05, 0.1) is 24.6 Å². The Morgan fingerprint density at radius 2 is 2.00 bits per heavy atom. The topological polar surface area (TPSA) is 55.8 Å². The minimum Gasteiger partial charge on any atom is -0.377 e. The zero-order valence-electron chi connectivity index (χ0n) is 9.68. The van der Waals surface area contributed by atoms with Gasteiger partial charge in [-0.05, 0) is 12.8 Å². The molecule has 5 nitrogen and oxygen atoms in total. The second kappa shape index (κ2) is 5.84. The van der Waals surface area contributed by atoms with E-state index < -0.39 is 10.0 Å². The Hall–Kier alpha value is 0.120. The molecule has 0 radical (unpaired) electrons. The van der Waals surface area contributed by atoms with Gasteiger partial charge in [0, 0.05) is 25.6 Å². The Kier molecular flexibility index (Phi) is 4.65. The standard InChI is InChI=1S/C10H18ClNO4S/c11-6-10-7-12(3-5-16-10)17(13,14)8-9-2-1-4-15-9/h9-10H,1-8H2. The van der Waals surface area contributed by atoms with Gasteiger partial charge in [-0.1, -0.05) is 0 Å². The molecule has 2 saturated heterocycles. The van der Waals surface area contributed by atoms with Crippen molar-refractivity contribution in [1.82, 2.24) is 4.31 Å². The highest BCUT2D eigenvalue weighted by atomic mass is 35.5. The van der Waals surface area contributed by atoms with Gasteiger partial charge in [-0.25, -0.2) is 8.42 Å². The van der Waals surface area contributed by atoms with Crippen LogP contribution in [0.1, 0.15) is 12.8 Å². The quantitative estimate of drug-likeness (QED) is 0.703. The van der Waals surface area contributed by atoms with Crippen molar-refractivity contribution in [3.63, 3.8) is 0 Å². The van der Waals surface area contributed by atoms with Crippen LogP contribution < -0.4 is 0 Å². The van der Waals surface area contributed by atoms with Gasteiger partial charge in [-0.2, -0.15) is 4.31 Å². The predicted octanol–water partition coefficient (Wildman–Crippen LogP) is 0.435. The Bertz CT molecular complexity index is 342. The number of nitrogens with zero attached hydrogens (tertiary/aromatic N) is 1. The van der Waals surface area contributed by atoms with Gasteiger partial charge in [0.1, 0.15) is 0 Å². The van der Waals surface area contributed by atoms with Crippen molar-refractivity contribution < 1.29 is 17.9 Å². The van der Waals surface area contributed by atoms with Crippen molar-refractivity contribution >= 4 is 21.6 Å². The van der Waals surface area contributed by atoms with Crippen LogP contribution in [0.2, 0.25) is 0 Å². The molecule has 2 fully saturated rings. The first-order chi connectivity index (χ1) is 8.12. The zero-order valence-corrected chi connectivity index (χ0v) is 11.3. The average Bonchev–Trinajstić information content (AvgIpc) is 2.81. The van der Waals surface area contributed by atoms with Gasteiger partial charge < -0.3 is 9.47 Å². The Morgan fingerprint density at radius 1 is 1.24 bits per heavy atom. The van der Waals surface area contributed by atoms with E-state index in [1.807, 2.05) is 0 Å². The van der Waals surface area contributed by atoms with Gasteiger partial charge in [0.25, 0.3) is 0 Å². The lowest BCUT2D eigenvalue weighted by atomic mass is 10.3. The molecule has 2 heterocycles. The molecule has 0 saturated carbocycles. The van der Waals surface area contributed by atoms with Gasteiger partial charge in [0.15, 0.2) is 0 Å². The Labute approximate surface area is 107 Å². The number of rotatable bonds is 4. The summed E-state index contributed by atoms with van der Waals surface area (Å²) in [6.45, 7) is 1.87. The SMILES string of the molecule is O=S(=O)(CC1CCCO1)N1CCOC(CCl)C1. The molecule has 2 unspecified atom stereocenters. The van der Waals surface area contributed by atoms with Crippen LogP contribution in [0.3, 0.4) is 0 Å². The lowest BCUT2D eigenvalue weighted by molar-refractivity contribution is 0.0117. The minimum absolute atomic E-state index is 0.0853. The molecule has 0 aromatic heterocycles. The third-order valence-electron chi connectivity index (χ3n) is 3.09. The molecule has 2 rings (SSSR count). The summed E-state index contributed by atoms with van der Waals surface area (Å²) in [5.74, 6) is 0.411. The maximum Gasteiger partial charge on any atom is 0.216 e. The third kappa shape index (κ3) is 3.54. The number of alkyl halides is 1. The van der Waals surface area contributed by atoms with Gasteiger partial charge in [-0.3, -0.25) is 0 Å². The largest absolute Gasteiger partial charge is 0.377 e. The fourth-order valence-electron chi connectivity index (χ4n) is 2.15.